The standard InChI is InChI=1S/C11H19N3O2S/c1-4-15-11(2,3)10-13-9(16-14-10)7-5-17-6-8(7)12/h7-8H,4-6,12H2,1-3H3. The zero-order chi connectivity index (χ0) is 12.5. The fraction of sp³-hybridized carbons (Fsp3) is 0.818. The summed E-state index contributed by atoms with van der Waals surface area (Å²) >= 11 is 1.83. The molecule has 2 unspecified atom stereocenters. The van der Waals surface area contributed by atoms with E-state index in [0.717, 1.165) is 11.5 Å². The van der Waals surface area contributed by atoms with Crippen LogP contribution in [0.1, 0.15) is 38.4 Å². The number of nitrogens with two attached hydrogens (primary N) is 1. The van der Waals surface area contributed by atoms with Crippen LogP contribution in [-0.2, 0) is 10.3 Å². The number of thioether (sulfide) groups is 1. The first kappa shape index (κ1) is 12.9. The zero-order valence-electron chi connectivity index (χ0n) is 10.5. The summed E-state index contributed by atoms with van der Waals surface area (Å²) in [5, 5.41) is 4.01. The normalized spacial score (nSPS) is 25.4. The lowest BCUT2D eigenvalue weighted by molar-refractivity contribution is -0.0221. The Bertz CT molecular complexity index is 381. The molecule has 0 saturated carbocycles. The van der Waals surface area contributed by atoms with Gasteiger partial charge in [-0.05, 0) is 20.8 Å². The van der Waals surface area contributed by atoms with Crippen LogP contribution in [0.25, 0.3) is 0 Å². The van der Waals surface area contributed by atoms with Crippen LogP contribution < -0.4 is 5.73 Å². The van der Waals surface area contributed by atoms with Crippen molar-refractivity contribution < 1.29 is 9.26 Å². The number of aromatic nitrogens is 2. The van der Waals surface area contributed by atoms with Gasteiger partial charge in [-0.15, -0.1) is 0 Å². The molecule has 0 spiro atoms. The van der Waals surface area contributed by atoms with Gasteiger partial charge in [0.1, 0.15) is 5.60 Å². The monoisotopic (exact) mass is 257 g/mol. The largest absolute Gasteiger partial charge is 0.368 e. The van der Waals surface area contributed by atoms with Gasteiger partial charge in [-0.25, -0.2) is 0 Å². The molecule has 0 aromatic carbocycles. The third kappa shape index (κ3) is 2.64. The summed E-state index contributed by atoms with van der Waals surface area (Å²) < 4.78 is 10.9. The van der Waals surface area contributed by atoms with Gasteiger partial charge in [-0.2, -0.15) is 16.7 Å². The van der Waals surface area contributed by atoms with E-state index in [1.165, 1.54) is 0 Å². The Morgan fingerprint density at radius 1 is 1.53 bits per heavy atom. The van der Waals surface area contributed by atoms with E-state index in [4.69, 9.17) is 15.0 Å². The Balaban J connectivity index is 2.15. The van der Waals surface area contributed by atoms with Crippen molar-refractivity contribution in [3.63, 3.8) is 0 Å². The van der Waals surface area contributed by atoms with E-state index in [2.05, 4.69) is 10.1 Å². The van der Waals surface area contributed by atoms with Crippen LogP contribution in [0.2, 0.25) is 0 Å². The molecule has 0 bridgehead atoms. The molecule has 1 aromatic heterocycles. The van der Waals surface area contributed by atoms with Crippen LogP contribution >= 0.6 is 11.8 Å². The van der Waals surface area contributed by atoms with E-state index in [0.29, 0.717) is 18.3 Å². The maximum Gasteiger partial charge on any atom is 0.232 e. The van der Waals surface area contributed by atoms with Crippen molar-refractivity contribution in [2.75, 3.05) is 18.1 Å². The molecular formula is C11H19N3O2S. The molecule has 1 aliphatic heterocycles. The summed E-state index contributed by atoms with van der Waals surface area (Å²) in [6, 6.07) is 0.114. The van der Waals surface area contributed by atoms with Gasteiger partial charge in [-0.1, -0.05) is 5.16 Å². The molecule has 2 N–H and O–H groups in total. The minimum absolute atomic E-state index is 0.114. The van der Waals surface area contributed by atoms with Crippen molar-refractivity contribution in [3.8, 4) is 0 Å². The highest BCUT2D eigenvalue weighted by atomic mass is 32.2. The topological polar surface area (TPSA) is 74.2 Å². The second kappa shape index (κ2) is 4.96. The highest BCUT2D eigenvalue weighted by Crippen LogP contribution is 2.32. The second-order valence-corrected chi connectivity index (χ2v) is 5.78. The molecule has 0 amide bonds. The summed E-state index contributed by atoms with van der Waals surface area (Å²) in [7, 11) is 0. The molecule has 2 heterocycles. The van der Waals surface area contributed by atoms with Gasteiger partial charge in [0.15, 0.2) is 0 Å². The Morgan fingerprint density at radius 2 is 2.29 bits per heavy atom. The maximum absolute atomic E-state index is 6.01. The smallest absolute Gasteiger partial charge is 0.232 e. The number of hydrogen-bond donors (Lipinski definition) is 1. The first-order chi connectivity index (χ1) is 8.04. The van der Waals surface area contributed by atoms with Crippen LogP contribution in [0.4, 0.5) is 0 Å². The molecule has 2 atom stereocenters. The van der Waals surface area contributed by atoms with Gasteiger partial charge in [0.25, 0.3) is 0 Å². The molecule has 1 fully saturated rings. The van der Waals surface area contributed by atoms with E-state index < -0.39 is 5.60 Å². The predicted octanol–water partition coefficient (Wildman–Crippen LogP) is 1.50. The average molecular weight is 257 g/mol. The summed E-state index contributed by atoms with van der Waals surface area (Å²) in [5.74, 6) is 3.33. The van der Waals surface area contributed by atoms with Crippen LogP contribution in [0.5, 0.6) is 0 Å². The average Bonchev–Trinajstić information content (AvgIpc) is 2.85. The Labute approximate surface area is 105 Å². The maximum atomic E-state index is 6.01. The Kier molecular flexibility index (Phi) is 3.75. The molecule has 2 rings (SSSR count). The van der Waals surface area contributed by atoms with Gasteiger partial charge >= 0.3 is 0 Å². The van der Waals surface area contributed by atoms with Crippen molar-refractivity contribution in [2.45, 2.75) is 38.3 Å². The van der Waals surface area contributed by atoms with Crippen molar-refractivity contribution in [1.29, 1.82) is 0 Å². The first-order valence-corrected chi connectivity index (χ1v) is 7.01. The van der Waals surface area contributed by atoms with Crippen LogP contribution in [0, 0.1) is 0 Å². The van der Waals surface area contributed by atoms with Crippen LogP contribution in [0.15, 0.2) is 4.52 Å². The fourth-order valence-electron chi connectivity index (χ4n) is 1.88. The lowest BCUT2D eigenvalue weighted by Crippen LogP contribution is -2.27. The number of rotatable bonds is 4. The van der Waals surface area contributed by atoms with Gasteiger partial charge in [0, 0.05) is 24.2 Å². The first-order valence-electron chi connectivity index (χ1n) is 5.86. The molecule has 1 aliphatic rings. The fourth-order valence-corrected chi connectivity index (χ4v) is 3.17. The van der Waals surface area contributed by atoms with Gasteiger partial charge in [-0.3, -0.25) is 0 Å². The molecule has 1 saturated heterocycles. The lowest BCUT2D eigenvalue weighted by Gasteiger charge is -2.19. The Hall–Kier alpha value is -0.590. The molecule has 17 heavy (non-hydrogen) atoms. The molecule has 0 aliphatic carbocycles. The highest BCUT2D eigenvalue weighted by Gasteiger charge is 2.33. The highest BCUT2D eigenvalue weighted by molar-refractivity contribution is 7.99. The predicted molar refractivity (Wildman–Crippen MR) is 67.0 cm³/mol. The van der Waals surface area contributed by atoms with E-state index in [1.54, 1.807) is 0 Å². The van der Waals surface area contributed by atoms with E-state index in [-0.39, 0.29) is 12.0 Å². The second-order valence-electron chi connectivity index (χ2n) is 4.71. The lowest BCUT2D eigenvalue weighted by atomic mass is 10.0. The number of nitrogens with zero attached hydrogens (tertiary/aromatic N) is 2. The van der Waals surface area contributed by atoms with Crippen molar-refractivity contribution in [2.24, 2.45) is 5.73 Å². The summed E-state index contributed by atoms with van der Waals surface area (Å²) in [6.07, 6.45) is 0. The SMILES string of the molecule is CCOC(C)(C)c1noc(C2CSCC2N)n1. The third-order valence-electron chi connectivity index (χ3n) is 2.93. The molecule has 1 aromatic rings. The molecule has 96 valence electrons. The molecule has 6 heteroatoms. The number of hydrogen-bond acceptors (Lipinski definition) is 6. The minimum Gasteiger partial charge on any atom is -0.368 e. The van der Waals surface area contributed by atoms with Crippen molar-refractivity contribution in [3.05, 3.63) is 11.7 Å². The minimum atomic E-state index is -0.508. The van der Waals surface area contributed by atoms with Crippen molar-refractivity contribution >= 4 is 11.8 Å². The van der Waals surface area contributed by atoms with Crippen LogP contribution in [-0.4, -0.2) is 34.3 Å². The third-order valence-corrected chi connectivity index (χ3v) is 4.14. The summed E-state index contributed by atoms with van der Waals surface area (Å²) in [5.41, 5.74) is 5.50. The molecule has 5 nitrogen and oxygen atoms in total. The van der Waals surface area contributed by atoms with Crippen molar-refractivity contribution in [1.82, 2.24) is 10.1 Å². The van der Waals surface area contributed by atoms with E-state index >= 15 is 0 Å². The van der Waals surface area contributed by atoms with Crippen LogP contribution in [0.3, 0.4) is 0 Å². The van der Waals surface area contributed by atoms with Gasteiger partial charge in [0.2, 0.25) is 11.7 Å². The molecule has 0 radical (unpaired) electrons. The zero-order valence-corrected chi connectivity index (χ0v) is 11.3. The Morgan fingerprint density at radius 3 is 2.88 bits per heavy atom. The molecular weight excluding hydrogens is 238 g/mol. The summed E-state index contributed by atoms with van der Waals surface area (Å²) in [4.78, 5) is 4.44. The quantitative estimate of drug-likeness (QED) is 0.881. The van der Waals surface area contributed by atoms with E-state index in [9.17, 15) is 0 Å². The van der Waals surface area contributed by atoms with Gasteiger partial charge in [0.05, 0.1) is 5.92 Å². The van der Waals surface area contributed by atoms with E-state index in [1.807, 2.05) is 32.5 Å². The number of ether oxygens (including phenoxy) is 1. The summed E-state index contributed by atoms with van der Waals surface area (Å²) in [6.45, 7) is 6.45. The van der Waals surface area contributed by atoms with Gasteiger partial charge < -0.3 is 15.0 Å².